The molecule has 0 N–H and O–H groups in total. The number of anilines is 1. The second-order valence-electron chi connectivity index (χ2n) is 6.28. The van der Waals surface area contributed by atoms with Crippen LogP contribution in [0.3, 0.4) is 0 Å². The molecule has 1 saturated carbocycles. The van der Waals surface area contributed by atoms with Gasteiger partial charge in [-0.15, -0.1) is 11.6 Å². The summed E-state index contributed by atoms with van der Waals surface area (Å²) >= 11 is 5.95. The maximum atomic E-state index is 5.95. The molecule has 0 aromatic heterocycles. The first kappa shape index (κ1) is 13.3. The fourth-order valence-electron chi connectivity index (χ4n) is 3.86. The Balaban J connectivity index is 1.74. The van der Waals surface area contributed by atoms with Gasteiger partial charge in [-0.25, -0.2) is 0 Å². The average Bonchev–Trinajstić information content (AvgIpc) is 2.46. The van der Waals surface area contributed by atoms with Crippen molar-refractivity contribution < 1.29 is 0 Å². The van der Waals surface area contributed by atoms with Gasteiger partial charge in [0.1, 0.15) is 0 Å². The van der Waals surface area contributed by atoms with Crippen molar-refractivity contribution in [3.05, 3.63) is 29.3 Å². The maximum absolute atomic E-state index is 5.95. The van der Waals surface area contributed by atoms with Crippen molar-refractivity contribution in [2.75, 3.05) is 18.0 Å². The van der Waals surface area contributed by atoms with Crippen LogP contribution in [-0.4, -0.2) is 13.1 Å². The van der Waals surface area contributed by atoms with Crippen LogP contribution >= 0.6 is 11.6 Å². The average molecular weight is 278 g/mol. The van der Waals surface area contributed by atoms with Crippen LogP contribution in [0.15, 0.2) is 18.2 Å². The van der Waals surface area contributed by atoms with Gasteiger partial charge in [-0.05, 0) is 54.9 Å². The van der Waals surface area contributed by atoms with E-state index in [0.717, 1.165) is 11.8 Å². The van der Waals surface area contributed by atoms with Gasteiger partial charge in [0.25, 0.3) is 0 Å². The lowest BCUT2D eigenvalue weighted by molar-refractivity contribution is 0.202. The van der Waals surface area contributed by atoms with E-state index < -0.39 is 0 Å². The van der Waals surface area contributed by atoms with Crippen LogP contribution in [0.5, 0.6) is 0 Å². The Morgan fingerprint density at radius 2 is 1.95 bits per heavy atom. The lowest BCUT2D eigenvalue weighted by atomic mass is 9.75. The van der Waals surface area contributed by atoms with Crippen LogP contribution in [0.1, 0.15) is 43.2 Å². The Labute approximate surface area is 121 Å². The van der Waals surface area contributed by atoms with Crippen LogP contribution < -0.4 is 4.90 Å². The zero-order valence-corrected chi connectivity index (χ0v) is 12.6. The van der Waals surface area contributed by atoms with Crippen molar-refractivity contribution in [1.82, 2.24) is 0 Å². The quantitative estimate of drug-likeness (QED) is 0.705. The SMILES string of the molecule is Cc1cc(N2CCC3CCCCC3C2)ccc1CCl. The summed E-state index contributed by atoms with van der Waals surface area (Å²) in [5.41, 5.74) is 3.99. The van der Waals surface area contributed by atoms with E-state index in [-0.39, 0.29) is 0 Å². The number of hydrogen-bond acceptors (Lipinski definition) is 1. The van der Waals surface area contributed by atoms with E-state index >= 15 is 0 Å². The molecule has 19 heavy (non-hydrogen) atoms. The van der Waals surface area contributed by atoms with Crippen LogP contribution in [0, 0.1) is 18.8 Å². The van der Waals surface area contributed by atoms with Crippen molar-refractivity contribution in [3.63, 3.8) is 0 Å². The van der Waals surface area contributed by atoms with Crippen LogP contribution in [0.4, 0.5) is 5.69 Å². The van der Waals surface area contributed by atoms with Crippen LogP contribution in [0.2, 0.25) is 0 Å². The molecule has 1 heterocycles. The molecule has 1 aliphatic carbocycles. The Hall–Kier alpha value is -0.690. The first-order valence-corrected chi connectivity index (χ1v) is 8.22. The number of aryl methyl sites for hydroxylation is 1. The molecule has 2 heteroatoms. The van der Waals surface area contributed by atoms with Gasteiger partial charge in [-0.2, -0.15) is 0 Å². The molecule has 0 bridgehead atoms. The Morgan fingerprint density at radius 3 is 2.68 bits per heavy atom. The molecule has 3 rings (SSSR count). The molecule has 1 nitrogen and oxygen atoms in total. The molecule has 0 amide bonds. The minimum atomic E-state index is 0.622. The van der Waals surface area contributed by atoms with E-state index in [1.54, 1.807) is 0 Å². The molecule has 2 aliphatic rings. The van der Waals surface area contributed by atoms with Gasteiger partial charge in [0.15, 0.2) is 0 Å². The molecule has 0 radical (unpaired) electrons. The second kappa shape index (κ2) is 5.75. The summed E-state index contributed by atoms with van der Waals surface area (Å²) in [7, 11) is 0. The highest BCUT2D eigenvalue weighted by atomic mass is 35.5. The topological polar surface area (TPSA) is 3.24 Å². The number of benzene rings is 1. The predicted molar refractivity (Wildman–Crippen MR) is 83.0 cm³/mol. The number of piperidine rings is 1. The van der Waals surface area contributed by atoms with Gasteiger partial charge in [-0.1, -0.05) is 25.3 Å². The van der Waals surface area contributed by atoms with E-state index in [1.165, 1.54) is 62.0 Å². The zero-order valence-electron chi connectivity index (χ0n) is 11.9. The van der Waals surface area contributed by atoms with Crippen molar-refractivity contribution in [1.29, 1.82) is 0 Å². The molecular weight excluding hydrogens is 254 g/mol. The fourth-order valence-corrected chi connectivity index (χ4v) is 4.16. The number of rotatable bonds is 2. The number of fused-ring (bicyclic) bond motifs is 1. The second-order valence-corrected chi connectivity index (χ2v) is 6.55. The first-order valence-electron chi connectivity index (χ1n) is 7.68. The Bertz CT molecular complexity index is 443. The molecule has 2 atom stereocenters. The van der Waals surface area contributed by atoms with Gasteiger partial charge >= 0.3 is 0 Å². The van der Waals surface area contributed by atoms with Gasteiger partial charge < -0.3 is 4.90 Å². The van der Waals surface area contributed by atoms with Crippen molar-refractivity contribution in [2.24, 2.45) is 11.8 Å². The zero-order chi connectivity index (χ0) is 13.2. The normalized spacial score (nSPS) is 27.2. The van der Waals surface area contributed by atoms with Crippen molar-refractivity contribution >= 4 is 17.3 Å². The third kappa shape index (κ3) is 2.76. The molecule has 1 aromatic carbocycles. The standard InChI is InChI=1S/C17H24ClN/c1-13-10-17(7-6-15(13)11-18)19-9-8-14-4-2-3-5-16(14)12-19/h6-7,10,14,16H,2-5,8-9,11-12H2,1H3. The minimum Gasteiger partial charge on any atom is -0.371 e. The Morgan fingerprint density at radius 1 is 1.16 bits per heavy atom. The van der Waals surface area contributed by atoms with Gasteiger partial charge in [0.05, 0.1) is 0 Å². The maximum Gasteiger partial charge on any atom is 0.0476 e. The van der Waals surface area contributed by atoms with Gasteiger partial charge in [0.2, 0.25) is 0 Å². The molecule has 2 fully saturated rings. The molecule has 0 spiro atoms. The number of hydrogen-bond donors (Lipinski definition) is 0. The van der Waals surface area contributed by atoms with Crippen molar-refractivity contribution in [3.8, 4) is 0 Å². The van der Waals surface area contributed by atoms with Crippen LogP contribution in [0.25, 0.3) is 0 Å². The van der Waals surface area contributed by atoms with E-state index in [0.29, 0.717) is 5.88 Å². The lowest BCUT2D eigenvalue weighted by Crippen LogP contribution is -2.41. The summed E-state index contributed by atoms with van der Waals surface area (Å²) in [4.78, 5) is 2.59. The summed E-state index contributed by atoms with van der Waals surface area (Å²) in [6, 6.07) is 6.78. The molecule has 104 valence electrons. The van der Waals surface area contributed by atoms with E-state index in [1.807, 2.05) is 0 Å². The monoisotopic (exact) mass is 277 g/mol. The number of halogens is 1. The molecule has 1 saturated heterocycles. The third-order valence-electron chi connectivity index (χ3n) is 5.13. The highest BCUT2D eigenvalue weighted by molar-refractivity contribution is 6.17. The summed E-state index contributed by atoms with van der Waals surface area (Å²) in [5, 5.41) is 0. The highest BCUT2D eigenvalue weighted by Crippen LogP contribution is 2.37. The predicted octanol–water partition coefficient (Wildman–Crippen LogP) is 4.75. The molecular formula is C17H24ClN. The Kier molecular flexibility index (Phi) is 4.02. The number of nitrogens with zero attached hydrogens (tertiary/aromatic N) is 1. The fraction of sp³-hybridized carbons (Fsp3) is 0.647. The summed E-state index contributed by atoms with van der Waals surface area (Å²) in [6.07, 6.45) is 7.22. The van der Waals surface area contributed by atoms with E-state index in [9.17, 15) is 0 Å². The van der Waals surface area contributed by atoms with E-state index in [4.69, 9.17) is 11.6 Å². The van der Waals surface area contributed by atoms with Gasteiger partial charge in [-0.3, -0.25) is 0 Å². The van der Waals surface area contributed by atoms with Crippen LogP contribution in [-0.2, 0) is 5.88 Å². The highest BCUT2D eigenvalue weighted by Gasteiger charge is 2.31. The largest absolute Gasteiger partial charge is 0.371 e. The molecule has 2 unspecified atom stereocenters. The van der Waals surface area contributed by atoms with Gasteiger partial charge in [0, 0.05) is 24.7 Å². The molecule has 1 aliphatic heterocycles. The summed E-state index contributed by atoms with van der Waals surface area (Å²) < 4.78 is 0. The summed E-state index contributed by atoms with van der Waals surface area (Å²) in [6.45, 7) is 4.68. The third-order valence-corrected chi connectivity index (χ3v) is 5.41. The minimum absolute atomic E-state index is 0.622. The lowest BCUT2D eigenvalue weighted by Gasteiger charge is -2.42. The summed E-state index contributed by atoms with van der Waals surface area (Å²) in [5.74, 6) is 2.57. The first-order chi connectivity index (χ1) is 9.28. The van der Waals surface area contributed by atoms with Crippen molar-refractivity contribution in [2.45, 2.75) is 44.9 Å². The number of alkyl halides is 1. The smallest absolute Gasteiger partial charge is 0.0476 e. The van der Waals surface area contributed by atoms with E-state index in [2.05, 4.69) is 30.0 Å². The molecule has 1 aromatic rings.